The molecule has 0 unspecified atom stereocenters. The zero-order chi connectivity index (χ0) is 11.3. The number of hydrogen-bond donors (Lipinski definition) is 0. The van der Waals surface area contributed by atoms with Crippen molar-refractivity contribution >= 4 is 33.3 Å². The summed E-state index contributed by atoms with van der Waals surface area (Å²) in [6.45, 7) is 0. The average molecular weight is 294 g/mol. The van der Waals surface area contributed by atoms with Crippen LogP contribution in [0.3, 0.4) is 0 Å². The molecule has 0 radical (unpaired) electrons. The van der Waals surface area contributed by atoms with Crippen LogP contribution in [-0.2, 0) is 0 Å². The number of carbonyl (C=O) groups is 1. The highest BCUT2D eigenvalue weighted by Gasteiger charge is 2.08. The summed E-state index contributed by atoms with van der Waals surface area (Å²) < 4.78 is 13.0. The van der Waals surface area contributed by atoms with Crippen LogP contribution in [0.15, 0.2) is 18.2 Å². The molecule has 4 heteroatoms. The summed E-state index contributed by atoms with van der Waals surface area (Å²) in [5, 5.41) is 0.932. The Hall–Kier alpha value is -0.410. The van der Waals surface area contributed by atoms with E-state index in [0.29, 0.717) is 12.0 Å². The van der Waals surface area contributed by atoms with Crippen molar-refractivity contribution in [1.82, 2.24) is 0 Å². The predicted octanol–water partition coefficient (Wildman–Crippen LogP) is 4.23. The fourth-order valence-electron chi connectivity index (χ4n) is 1.19. The van der Waals surface area contributed by atoms with E-state index in [1.807, 2.05) is 0 Å². The van der Waals surface area contributed by atoms with Gasteiger partial charge in [-0.15, -0.1) is 0 Å². The van der Waals surface area contributed by atoms with Gasteiger partial charge >= 0.3 is 0 Å². The Morgan fingerprint density at radius 2 is 2.13 bits per heavy atom. The molecule has 0 aliphatic carbocycles. The number of hydrogen-bond acceptors (Lipinski definition) is 1. The Labute approximate surface area is 102 Å². The number of Topliss-reactive ketones (excluding diaryl/α,β-unsaturated/α-hetero) is 1. The highest BCUT2D eigenvalue weighted by Crippen LogP contribution is 2.17. The molecule has 0 saturated carbocycles. The number of alkyl halides is 1. The Kier molecular flexibility index (Phi) is 5.26. The molecule has 0 spiro atoms. The van der Waals surface area contributed by atoms with E-state index in [4.69, 9.17) is 11.6 Å². The monoisotopic (exact) mass is 292 g/mol. The van der Waals surface area contributed by atoms with Crippen LogP contribution in [0.4, 0.5) is 4.39 Å². The minimum Gasteiger partial charge on any atom is -0.294 e. The van der Waals surface area contributed by atoms with Gasteiger partial charge in [0.05, 0.1) is 5.02 Å². The molecule has 0 aliphatic heterocycles. The molecule has 0 bridgehead atoms. The largest absolute Gasteiger partial charge is 0.294 e. The van der Waals surface area contributed by atoms with Crippen LogP contribution in [0.1, 0.15) is 29.6 Å². The molecule has 1 aromatic rings. The lowest BCUT2D eigenvalue weighted by atomic mass is 10.1. The summed E-state index contributed by atoms with van der Waals surface area (Å²) in [5.41, 5.74) is 0.395. The highest BCUT2D eigenvalue weighted by molar-refractivity contribution is 9.09. The minimum atomic E-state index is -0.539. The van der Waals surface area contributed by atoms with Gasteiger partial charge in [0.1, 0.15) is 5.82 Å². The molecule has 1 nitrogen and oxygen atoms in total. The van der Waals surface area contributed by atoms with Crippen molar-refractivity contribution in [3.05, 3.63) is 34.6 Å². The second kappa shape index (κ2) is 6.23. The summed E-state index contributed by atoms with van der Waals surface area (Å²) in [6, 6.07) is 4.16. The summed E-state index contributed by atoms with van der Waals surface area (Å²) >= 11 is 8.81. The van der Waals surface area contributed by atoms with Gasteiger partial charge in [-0.1, -0.05) is 27.5 Å². The van der Waals surface area contributed by atoms with E-state index in [1.165, 1.54) is 12.1 Å². The molecule has 0 amide bonds. The van der Waals surface area contributed by atoms with E-state index >= 15 is 0 Å². The fraction of sp³-hybridized carbons (Fsp3) is 0.364. The molecule has 15 heavy (non-hydrogen) atoms. The first-order valence-electron chi connectivity index (χ1n) is 4.69. The maximum absolute atomic E-state index is 13.0. The van der Waals surface area contributed by atoms with Crippen molar-refractivity contribution in [3.8, 4) is 0 Å². The number of unbranched alkanes of at least 4 members (excludes halogenated alkanes) is 1. The maximum atomic E-state index is 13.0. The zero-order valence-corrected chi connectivity index (χ0v) is 10.4. The van der Waals surface area contributed by atoms with Crippen molar-refractivity contribution in [2.75, 3.05) is 5.33 Å². The molecular formula is C11H11BrClFO. The number of rotatable bonds is 5. The van der Waals surface area contributed by atoms with E-state index in [1.54, 1.807) is 6.07 Å². The lowest BCUT2D eigenvalue weighted by Gasteiger charge is -2.01. The first-order valence-corrected chi connectivity index (χ1v) is 6.19. The van der Waals surface area contributed by atoms with Crippen LogP contribution >= 0.6 is 27.5 Å². The van der Waals surface area contributed by atoms with Crippen LogP contribution < -0.4 is 0 Å². The molecule has 82 valence electrons. The van der Waals surface area contributed by atoms with Crippen LogP contribution in [0.25, 0.3) is 0 Å². The summed E-state index contributed by atoms with van der Waals surface area (Å²) in [4.78, 5) is 11.6. The van der Waals surface area contributed by atoms with Gasteiger partial charge in [0.25, 0.3) is 0 Å². The number of carbonyl (C=O) groups excluding carboxylic acids is 1. The van der Waals surface area contributed by atoms with Crippen LogP contribution in [0, 0.1) is 5.82 Å². The minimum absolute atomic E-state index is 0.0356. The zero-order valence-electron chi connectivity index (χ0n) is 8.10. The second-order valence-corrected chi connectivity index (χ2v) is 4.40. The topological polar surface area (TPSA) is 17.1 Å². The predicted molar refractivity (Wildman–Crippen MR) is 63.4 cm³/mol. The Morgan fingerprint density at radius 3 is 2.73 bits per heavy atom. The van der Waals surface area contributed by atoms with Crippen LogP contribution in [0.5, 0.6) is 0 Å². The van der Waals surface area contributed by atoms with Crippen molar-refractivity contribution in [3.63, 3.8) is 0 Å². The highest BCUT2D eigenvalue weighted by atomic mass is 79.9. The first-order chi connectivity index (χ1) is 7.15. The molecule has 0 N–H and O–H groups in total. The Bertz CT molecular complexity index is 354. The lowest BCUT2D eigenvalue weighted by molar-refractivity contribution is 0.0979. The van der Waals surface area contributed by atoms with E-state index in [0.717, 1.165) is 18.2 Å². The second-order valence-electron chi connectivity index (χ2n) is 3.20. The van der Waals surface area contributed by atoms with Gasteiger partial charge in [-0.3, -0.25) is 4.79 Å². The maximum Gasteiger partial charge on any atom is 0.162 e. The number of halogens is 3. The molecular weight excluding hydrogens is 282 g/mol. The van der Waals surface area contributed by atoms with E-state index in [-0.39, 0.29) is 10.8 Å². The van der Waals surface area contributed by atoms with Crippen molar-refractivity contribution in [2.45, 2.75) is 19.3 Å². The van der Waals surface area contributed by atoms with E-state index in [2.05, 4.69) is 15.9 Å². The van der Waals surface area contributed by atoms with Crippen LogP contribution in [0.2, 0.25) is 5.02 Å². The molecule has 0 aliphatic rings. The average Bonchev–Trinajstić information content (AvgIpc) is 2.22. The normalized spacial score (nSPS) is 10.3. The third-order valence-electron chi connectivity index (χ3n) is 2.03. The third-order valence-corrected chi connectivity index (χ3v) is 2.90. The van der Waals surface area contributed by atoms with Gasteiger partial charge in [0, 0.05) is 17.3 Å². The number of ketones is 1. The summed E-state index contributed by atoms with van der Waals surface area (Å²) in [6.07, 6.45) is 2.21. The molecule has 0 fully saturated rings. The fourth-order valence-corrected chi connectivity index (χ4v) is 1.71. The van der Waals surface area contributed by atoms with Gasteiger partial charge in [-0.05, 0) is 31.0 Å². The molecule has 0 atom stereocenters. The SMILES string of the molecule is O=C(CCCCBr)c1ccc(Cl)c(F)c1. The smallest absolute Gasteiger partial charge is 0.162 e. The van der Waals surface area contributed by atoms with Gasteiger partial charge in [0.2, 0.25) is 0 Å². The van der Waals surface area contributed by atoms with Gasteiger partial charge < -0.3 is 0 Å². The third kappa shape index (κ3) is 3.92. The quantitative estimate of drug-likeness (QED) is 0.451. The van der Waals surface area contributed by atoms with Gasteiger partial charge in [-0.25, -0.2) is 4.39 Å². The molecule has 0 heterocycles. The molecule has 1 aromatic carbocycles. The number of benzene rings is 1. The molecule has 0 aromatic heterocycles. The summed E-state index contributed by atoms with van der Waals surface area (Å²) in [5.74, 6) is -0.575. The standard InChI is InChI=1S/C11H11BrClFO/c12-6-2-1-3-11(15)8-4-5-9(13)10(14)7-8/h4-5,7H,1-3,6H2. The van der Waals surface area contributed by atoms with Crippen molar-refractivity contribution in [1.29, 1.82) is 0 Å². The lowest BCUT2D eigenvalue weighted by Crippen LogP contribution is -1.99. The molecule has 1 rings (SSSR count). The van der Waals surface area contributed by atoms with Gasteiger partial charge in [-0.2, -0.15) is 0 Å². The van der Waals surface area contributed by atoms with Crippen LogP contribution in [-0.4, -0.2) is 11.1 Å². The first kappa shape index (κ1) is 12.7. The van der Waals surface area contributed by atoms with Crippen molar-refractivity contribution < 1.29 is 9.18 Å². The summed E-state index contributed by atoms with van der Waals surface area (Å²) in [7, 11) is 0. The van der Waals surface area contributed by atoms with Crippen molar-refractivity contribution in [2.24, 2.45) is 0 Å². The van der Waals surface area contributed by atoms with E-state index < -0.39 is 5.82 Å². The van der Waals surface area contributed by atoms with E-state index in [9.17, 15) is 9.18 Å². The molecule has 0 saturated heterocycles. The Balaban J connectivity index is 2.62. The Morgan fingerprint density at radius 1 is 1.40 bits per heavy atom. The van der Waals surface area contributed by atoms with Gasteiger partial charge in [0.15, 0.2) is 5.78 Å².